The van der Waals surface area contributed by atoms with Gasteiger partial charge in [-0.2, -0.15) is 4.98 Å². The summed E-state index contributed by atoms with van der Waals surface area (Å²) < 4.78 is 32.1. The molecule has 0 bridgehead atoms. The van der Waals surface area contributed by atoms with Crippen molar-refractivity contribution in [1.82, 2.24) is 19.5 Å². The van der Waals surface area contributed by atoms with Crippen LogP contribution in [0.5, 0.6) is 0 Å². The summed E-state index contributed by atoms with van der Waals surface area (Å²) >= 11 is 0. The SMILES string of the molecule is CC(C)CCCCCOP(=O)(COCCn1cnc2nc(N)[nH]c(=O)c21)OCCCCCC(C)C. The minimum absolute atomic E-state index is 0.0210. The molecule has 0 unspecified atom stereocenters. The second-order valence-electron chi connectivity index (χ2n) is 9.86. The van der Waals surface area contributed by atoms with Crippen LogP contribution in [0, 0.1) is 11.8 Å². The second kappa shape index (κ2) is 15.4. The number of ether oxygens (including phenoxy) is 1. The Morgan fingerprint density at radius 1 is 0.971 bits per heavy atom. The number of unbranched alkanes of at least 4 members (excludes halogenated alkanes) is 4. The van der Waals surface area contributed by atoms with Crippen LogP contribution in [0.25, 0.3) is 11.2 Å². The lowest BCUT2D eigenvalue weighted by atomic mass is 10.1. The highest BCUT2D eigenvalue weighted by molar-refractivity contribution is 7.53. The van der Waals surface area contributed by atoms with Gasteiger partial charge >= 0.3 is 7.60 Å². The average molecular weight is 514 g/mol. The van der Waals surface area contributed by atoms with Gasteiger partial charge in [0.15, 0.2) is 11.2 Å². The van der Waals surface area contributed by atoms with Gasteiger partial charge in [0.1, 0.15) is 6.35 Å². The first kappa shape index (κ1) is 29.5. The zero-order valence-electron chi connectivity index (χ0n) is 21.8. The van der Waals surface area contributed by atoms with Crippen LogP contribution in [-0.2, 0) is 24.9 Å². The number of aromatic amines is 1. The maximum absolute atomic E-state index is 13.3. The summed E-state index contributed by atoms with van der Waals surface area (Å²) in [4.78, 5) is 22.8. The number of imidazole rings is 1. The summed E-state index contributed by atoms with van der Waals surface area (Å²) in [6, 6.07) is 0. The first-order valence-electron chi connectivity index (χ1n) is 12.9. The maximum atomic E-state index is 13.3. The lowest BCUT2D eigenvalue weighted by Crippen LogP contribution is -2.16. The Hall–Kier alpha value is -1.74. The Morgan fingerprint density at radius 2 is 1.57 bits per heavy atom. The number of nitrogens with one attached hydrogen (secondary N) is 1. The molecule has 0 aliphatic heterocycles. The van der Waals surface area contributed by atoms with Crippen LogP contribution in [-0.4, -0.2) is 45.7 Å². The van der Waals surface area contributed by atoms with Crippen molar-refractivity contribution in [2.24, 2.45) is 11.8 Å². The topological polar surface area (TPSA) is 134 Å². The molecule has 0 atom stereocenters. The van der Waals surface area contributed by atoms with Gasteiger partial charge in [0.2, 0.25) is 5.95 Å². The zero-order valence-corrected chi connectivity index (χ0v) is 22.7. The molecule has 0 saturated carbocycles. The number of hydrogen-bond donors (Lipinski definition) is 2. The fourth-order valence-corrected chi connectivity index (χ4v) is 5.08. The van der Waals surface area contributed by atoms with E-state index in [-0.39, 0.29) is 30.1 Å². The molecule has 2 heterocycles. The van der Waals surface area contributed by atoms with Gasteiger partial charge in [0.05, 0.1) is 26.1 Å². The van der Waals surface area contributed by atoms with Crippen LogP contribution in [0.3, 0.4) is 0 Å². The number of H-pyrrole nitrogens is 1. The fraction of sp³-hybridized carbons (Fsp3) is 0.792. The number of nitrogen functional groups attached to an aromatic ring is 1. The molecule has 0 aliphatic carbocycles. The van der Waals surface area contributed by atoms with Crippen LogP contribution in [0.15, 0.2) is 11.1 Å². The molecular formula is C24H44N5O5P. The van der Waals surface area contributed by atoms with E-state index in [0.717, 1.165) is 38.5 Å². The molecule has 35 heavy (non-hydrogen) atoms. The van der Waals surface area contributed by atoms with Crippen molar-refractivity contribution in [3.63, 3.8) is 0 Å². The molecule has 2 rings (SSSR count). The normalized spacial score (nSPS) is 12.4. The summed E-state index contributed by atoms with van der Waals surface area (Å²) in [5, 5.41) is 0. The molecule has 200 valence electrons. The van der Waals surface area contributed by atoms with Gasteiger partial charge < -0.3 is 24.1 Å². The number of nitrogens with two attached hydrogens (primary N) is 1. The first-order valence-corrected chi connectivity index (χ1v) is 14.6. The smallest absolute Gasteiger partial charge is 0.356 e. The van der Waals surface area contributed by atoms with E-state index >= 15 is 0 Å². The monoisotopic (exact) mass is 513 g/mol. The lowest BCUT2D eigenvalue weighted by molar-refractivity contribution is 0.121. The van der Waals surface area contributed by atoms with Crippen molar-refractivity contribution < 1.29 is 18.3 Å². The highest BCUT2D eigenvalue weighted by atomic mass is 31.2. The summed E-state index contributed by atoms with van der Waals surface area (Å²) in [7, 11) is -3.37. The molecule has 11 heteroatoms. The van der Waals surface area contributed by atoms with Gasteiger partial charge in [0, 0.05) is 6.54 Å². The van der Waals surface area contributed by atoms with Gasteiger partial charge in [0.25, 0.3) is 5.56 Å². The van der Waals surface area contributed by atoms with E-state index in [9.17, 15) is 9.36 Å². The van der Waals surface area contributed by atoms with Crippen LogP contribution in [0.2, 0.25) is 0 Å². The minimum Gasteiger partial charge on any atom is -0.369 e. The van der Waals surface area contributed by atoms with Crippen LogP contribution in [0.4, 0.5) is 5.95 Å². The molecule has 0 saturated heterocycles. The summed E-state index contributed by atoms with van der Waals surface area (Å²) in [6.07, 6.45) is 9.78. The van der Waals surface area contributed by atoms with Crippen molar-refractivity contribution in [2.45, 2.75) is 85.6 Å². The molecule has 0 fully saturated rings. The quantitative estimate of drug-likeness (QED) is 0.190. The predicted octanol–water partition coefficient (Wildman–Crippen LogP) is 5.34. The summed E-state index contributed by atoms with van der Waals surface area (Å²) in [5.74, 6) is 1.39. The average Bonchev–Trinajstić information content (AvgIpc) is 3.19. The molecule has 0 amide bonds. The van der Waals surface area contributed by atoms with E-state index in [1.54, 1.807) is 4.57 Å². The van der Waals surface area contributed by atoms with Gasteiger partial charge in [-0.1, -0.05) is 66.2 Å². The highest BCUT2D eigenvalue weighted by Crippen LogP contribution is 2.48. The Kier molecular flexibility index (Phi) is 13.0. The third-order valence-electron chi connectivity index (χ3n) is 5.65. The molecule has 0 spiro atoms. The maximum Gasteiger partial charge on any atom is 0.356 e. The van der Waals surface area contributed by atoms with E-state index in [4.69, 9.17) is 19.5 Å². The number of rotatable bonds is 19. The molecule has 2 aromatic heterocycles. The van der Waals surface area contributed by atoms with Crippen molar-refractivity contribution in [1.29, 1.82) is 0 Å². The Labute approximate surface area is 208 Å². The molecule has 0 aliphatic rings. The molecular weight excluding hydrogens is 469 g/mol. The Balaban J connectivity index is 1.82. The Morgan fingerprint density at radius 3 is 2.14 bits per heavy atom. The zero-order chi connectivity index (χ0) is 25.7. The second-order valence-corrected chi connectivity index (χ2v) is 11.9. The number of nitrogens with zero attached hydrogens (tertiary/aromatic N) is 3. The number of anilines is 1. The molecule has 2 aromatic rings. The van der Waals surface area contributed by atoms with Crippen molar-refractivity contribution >= 4 is 24.7 Å². The van der Waals surface area contributed by atoms with Crippen molar-refractivity contribution in [2.75, 3.05) is 31.9 Å². The Bertz CT molecular complexity index is 951. The third kappa shape index (κ3) is 11.2. The van der Waals surface area contributed by atoms with Gasteiger partial charge in [-0.05, 0) is 24.7 Å². The van der Waals surface area contributed by atoms with E-state index in [0.29, 0.717) is 37.1 Å². The van der Waals surface area contributed by atoms with Crippen LogP contribution >= 0.6 is 7.60 Å². The lowest BCUT2D eigenvalue weighted by Gasteiger charge is -2.19. The van der Waals surface area contributed by atoms with E-state index in [1.807, 2.05) is 0 Å². The predicted molar refractivity (Wildman–Crippen MR) is 140 cm³/mol. The molecule has 0 radical (unpaired) electrons. The van der Waals surface area contributed by atoms with Crippen molar-refractivity contribution in [3.8, 4) is 0 Å². The van der Waals surface area contributed by atoms with Gasteiger partial charge in [-0.3, -0.25) is 14.3 Å². The van der Waals surface area contributed by atoms with Gasteiger partial charge in [-0.25, -0.2) is 4.98 Å². The van der Waals surface area contributed by atoms with Crippen LogP contribution in [0.1, 0.15) is 79.1 Å². The fourth-order valence-electron chi connectivity index (χ4n) is 3.69. The minimum atomic E-state index is -3.37. The third-order valence-corrected chi connectivity index (χ3v) is 7.31. The summed E-state index contributed by atoms with van der Waals surface area (Å²) in [6.45, 7) is 10.2. The van der Waals surface area contributed by atoms with Crippen LogP contribution < -0.4 is 11.3 Å². The van der Waals surface area contributed by atoms with E-state index in [2.05, 4.69) is 42.6 Å². The van der Waals surface area contributed by atoms with Gasteiger partial charge in [-0.15, -0.1) is 0 Å². The standard InChI is InChI=1S/C24H44N5O5P/c1-19(2)11-7-5-9-14-33-35(31,34-15-10-6-8-12-20(3)4)18-32-16-13-29-17-26-22-21(29)23(30)28-24(25)27-22/h17,19-20H,5-16,18H2,1-4H3,(H3,25,27,28,30). The summed E-state index contributed by atoms with van der Waals surface area (Å²) in [5.41, 5.74) is 5.80. The largest absolute Gasteiger partial charge is 0.369 e. The van der Waals surface area contributed by atoms with E-state index < -0.39 is 7.60 Å². The van der Waals surface area contributed by atoms with Crippen molar-refractivity contribution in [3.05, 3.63) is 16.7 Å². The number of aromatic nitrogens is 4. The number of fused-ring (bicyclic) bond motifs is 1. The molecule has 0 aromatic carbocycles. The first-order chi connectivity index (χ1) is 16.7. The molecule has 10 nitrogen and oxygen atoms in total. The number of hydrogen-bond acceptors (Lipinski definition) is 8. The van der Waals surface area contributed by atoms with E-state index in [1.165, 1.54) is 19.2 Å². The molecule has 3 N–H and O–H groups in total. The highest BCUT2D eigenvalue weighted by Gasteiger charge is 2.25.